The average Bonchev–Trinajstić information content (AvgIpc) is 3.23. The van der Waals surface area contributed by atoms with Gasteiger partial charge in [-0.25, -0.2) is 0 Å². The predicted molar refractivity (Wildman–Crippen MR) is 86.9 cm³/mol. The first-order valence-electron chi connectivity index (χ1n) is 9.71. The molecule has 7 atom stereocenters. The highest BCUT2D eigenvalue weighted by Gasteiger charge is 2.62. The Hall–Kier alpha value is -0.160. The molecule has 2 bridgehead atoms. The summed E-state index contributed by atoms with van der Waals surface area (Å²) in [5, 5.41) is 11.3. The molecule has 0 aromatic rings. The minimum Gasteiger partial charge on any atom is -0.389 e. The summed E-state index contributed by atoms with van der Waals surface area (Å²) in [6.07, 6.45) is 7.90. The van der Waals surface area contributed by atoms with Gasteiger partial charge in [-0.2, -0.15) is 0 Å². The second kappa shape index (κ2) is 6.29. The Bertz CT molecular complexity index is 414. The molecule has 0 amide bonds. The highest BCUT2D eigenvalue weighted by Crippen LogP contribution is 2.56. The van der Waals surface area contributed by atoms with Crippen LogP contribution < -0.4 is 0 Å². The van der Waals surface area contributed by atoms with Crippen LogP contribution in [-0.2, 0) is 14.2 Å². The molecule has 0 spiro atoms. The van der Waals surface area contributed by atoms with E-state index in [0.717, 1.165) is 45.1 Å². The molecule has 23 heavy (non-hydrogen) atoms. The molecule has 0 radical (unpaired) electrons. The fourth-order valence-corrected chi connectivity index (χ4v) is 5.66. The minimum atomic E-state index is -0.532. The van der Waals surface area contributed by atoms with Crippen molar-refractivity contribution in [1.82, 2.24) is 0 Å². The van der Waals surface area contributed by atoms with Crippen LogP contribution in [0.25, 0.3) is 0 Å². The van der Waals surface area contributed by atoms with Crippen LogP contribution in [0.2, 0.25) is 0 Å². The zero-order valence-corrected chi connectivity index (χ0v) is 14.6. The number of ether oxygens (including phenoxy) is 3. The predicted octanol–water partition coefficient (Wildman–Crippen LogP) is 3.12. The fourth-order valence-electron chi connectivity index (χ4n) is 5.66. The smallest absolute Gasteiger partial charge is 0.157 e. The largest absolute Gasteiger partial charge is 0.389 e. The number of fused-ring (bicyclic) bond motifs is 2. The summed E-state index contributed by atoms with van der Waals surface area (Å²) in [6, 6.07) is 0. The lowest BCUT2D eigenvalue weighted by Gasteiger charge is -2.43. The molecule has 3 saturated heterocycles. The summed E-state index contributed by atoms with van der Waals surface area (Å²) in [7, 11) is 0. The second-order valence-electron chi connectivity index (χ2n) is 8.41. The van der Waals surface area contributed by atoms with E-state index in [1.54, 1.807) is 0 Å². The van der Waals surface area contributed by atoms with Gasteiger partial charge in [0.2, 0.25) is 0 Å². The molecule has 1 N–H and O–H groups in total. The number of aliphatic hydroxyl groups is 1. The molecular weight excluding hydrogens is 292 g/mol. The highest BCUT2D eigenvalue weighted by molar-refractivity contribution is 5.10. The third-order valence-corrected chi connectivity index (χ3v) is 7.12. The Morgan fingerprint density at radius 1 is 1.04 bits per heavy atom. The van der Waals surface area contributed by atoms with E-state index < -0.39 is 5.60 Å². The Morgan fingerprint density at radius 3 is 2.48 bits per heavy atom. The van der Waals surface area contributed by atoms with Crippen molar-refractivity contribution in [2.45, 2.75) is 82.9 Å². The number of hydrogen-bond acceptors (Lipinski definition) is 4. The molecule has 1 aliphatic carbocycles. The van der Waals surface area contributed by atoms with Gasteiger partial charge in [0.25, 0.3) is 0 Å². The number of rotatable bonds is 4. The van der Waals surface area contributed by atoms with Crippen molar-refractivity contribution in [3.05, 3.63) is 0 Å². The van der Waals surface area contributed by atoms with Gasteiger partial charge in [0.05, 0.1) is 24.4 Å². The topological polar surface area (TPSA) is 47.9 Å². The van der Waals surface area contributed by atoms with Crippen molar-refractivity contribution >= 4 is 0 Å². The molecule has 7 unspecified atom stereocenters. The molecule has 1 saturated carbocycles. The molecule has 132 valence electrons. The van der Waals surface area contributed by atoms with Gasteiger partial charge in [-0.1, -0.05) is 26.7 Å². The Morgan fingerprint density at radius 2 is 1.78 bits per heavy atom. The SMILES string of the molecule is CC1C(C)C2OC1C(COC1CCCCO1)C2C1(O)CCCC1. The number of hydrogen-bond donors (Lipinski definition) is 1. The van der Waals surface area contributed by atoms with E-state index >= 15 is 0 Å². The van der Waals surface area contributed by atoms with Crippen molar-refractivity contribution in [2.24, 2.45) is 23.7 Å². The maximum absolute atomic E-state index is 11.3. The van der Waals surface area contributed by atoms with Gasteiger partial charge in [0.15, 0.2) is 6.29 Å². The zero-order valence-electron chi connectivity index (χ0n) is 14.6. The maximum Gasteiger partial charge on any atom is 0.157 e. The van der Waals surface area contributed by atoms with Gasteiger partial charge in [0.1, 0.15) is 0 Å². The fraction of sp³-hybridized carbons (Fsp3) is 1.00. The lowest BCUT2D eigenvalue weighted by atomic mass is 9.63. The van der Waals surface area contributed by atoms with Crippen LogP contribution in [0.4, 0.5) is 0 Å². The van der Waals surface area contributed by atoms with Gasteiger partial charge >= 0.3 is 0 Å². The maximum atomic E-state index is 11.3. The molecule has 4 fully saturated rings. The summed E-state index contributed by atoms with van der Waals surface area (Å²) in [6.45, 7) is 6.09. The molecule has 4 heteroatoms. The van der Waals surface area contributed by atoms with Crippen LogP contribution in [0.5, 0.6) is 0 Å². The molecular formula is C19H32O4. The van der Waals surface area contributed by atoms with Crippen molar-refractivity contribution < 1.29 is 19.3 Å². The van der Waals surface area contributed by atoms with E-state index in [2.05, 4.69) is 13.8 Å². The van der Waals surface area contributed by atoms with Crippen molar-refractivity contribution in [2.75, 3.05) is 13.2 Å². The lowest BCUT2D eigenvalue weighted by Crippen LogP contribution is -2.51. The Balaban J connectivity index is 1.48. The third-order valence-electron chi connectivity index (χ3n) is 7.12. The Kier molecular flexibility index (Phi) is 4.46. The van der Waals surface area contributed by atoms with Crippen LogP contribution in [0.15, 0.2) is 0 Å². The normalized spacial score (nSPS) is 48.9. The van der Waals surface area contributed by atoms with E-state index in [4.69, 9.17) is 14.2 Å². The Labute approximate surface area is 139 Å². The van der Waals surface area contributed by atoms with Crippen LogP contribution in [0.1, 0.15) is 58.8 Å². The van der Waals surface area contributed by atoms with Crippen molar-refractivity contribution in [3.63, 3.8) is 0 Å². The summed E-state index contributed by atoms with van der Waals surface area (Å²) >= 11 is 0. The van der Waals surface area contributed by atoms with E-state index in [1.807, 2.05) is 0 Å². The summed E-state index contributed by atoms with van der Waals surface area (Å²) in [5.74, 6) is 1.66. The molecule has 0 aromatic heterocycles. The van der Waals surface area contributed by atoms with E-state index in [9.17, 15) is 5.11 Å². The monoisotopic (exact) mass is 324 g/mol. The summed E-state index contributed by atoms with van der Waals surface area (Å²) < 4.78 is 18.2. The molecule has 3 aliphatic heterocycles. The van der Waals surface area contributed by atoms with E-state index in [1.165, 1.54) is 6.42 Å². The average molecular weight is 324 g/mol. The highest BCUT2D eigenvalue weighted by atomic mass is 16.7. The first kappa shape index (κ1) is 16.3. The summed E-state index contributed by atoms with van der Waals surface area (Å²) in [4.78, 5) is 0. The van der Waals surface area contributed by atoms with Crippen LogP contribution in [-0.4, -0.2) is 42.4 Å². The second-order valence-corrected chi connectivity index (χ2v) is 8.41. The van der Waals surface area contributed by atoms with Crippen molar-refractivity contribution in [3.8, 4) is 0 Å². The standard InChI is InChI=1S/C19H32O4/c1-12-13(2)18-16(19(20)8-4-5-9-19)14(17(12)23-18)11-22-15-7-3-6-10-21-15/h12-18,20H,3-11H2,1-2H3. The van der Waals surface area contributed by atoms with Crippen LogP contribution in [0.3, 0.4) is 0 Å². The molecule has 4 nitrogen and oxygen atoms in total. The molecule has 4 rings (SSSR count). The van der Waals surface area contributed by atoms with Gasteiger partial charge in [0, 0.05) is 18.4 Å². The van der Waals surface area contributed by atoms with Crippen LogP contribution >= 0.6 is 0 Å². The van der Waals surface area contributed by atoms with Gasteiger partial charge in [-0.05, 0) is 43.9 Å². The van der Waals surface area contributed by atoms with Gasteiger partial charge in [-0.15, -0.1) is 0 Å². The van der Waals surface area contributed by atoms with Crippen LogP contribution in [0, 0.1) is 23.7 Å². The van der Waals surface area contributed by atoms with E-state index in [0.29, 0.717) is 24.4 Å². The molecule has 4 aliphatic rings. The molecule has 0 aromatic carbocycles. The first-order chi connectivity index (χ1) is 11.1. The molecule has 3 heterocycles. The zero-order chi connectivity index (χ0) is 16.0. The van der Waals surface area contributed by atoms with Gasteiger partial charge < -0.3 is 19.3 Å². The van der Waals surface area contributed by atoms with Crippen molar-refractivity contribution in [1.29, 1.82) is 0 Å². The van der Waals surface area contributed by atoms with Gasteiger partial charge in [-0.3, -0.25) is 0 Å². The first-order valence-corrected chi connectivity index (χ1v) is 9.71. The van der Waals surface area contributed by atoms with E-state index in [-0.39, 0.29) is 24.4 Å². The third kappa shape index (κ3) is 2.76. The summed E-state index contributed by atoms with van der Waals surface area (Å²) in [5.41, 5.74) is -0.532. The minimum absolute atomic E-state index is 0.0468. The lowest BCUT2D eigenvalue weighted by molar-refractivity contribution is -0.180. The quantitative estimate of drug-likeness (QED) is 0.863.